The summed E-state index contributed by atoms with van der Waals surface area (Å²) in [6.45, 7) is 4.12. The molecule has 1 amide bonds. The van der Waals surface area contributed by atoms with Crippen LogP contribution in [0.4, 0.5) is 5.69 Å². The highest BCUT2D eigenvalue weighted by Crippen LogP contribution is 2.18. The van der Waals surface area contributed by atoms with Crippen molar-refractivity contribution in [3.63, 3.8) is 0 Å². The number of aryl methyl sites for hydroxylation is 1. The largest absolute Gasteiger partial charge is 0.396 e. The molecule has 0 unspecified atom stereocenters. The van der Waals surface area contributed by atoms with E-state index in [1.807, 2.05) is 32.0 Å². The fraction of sp³-hybridized carbons (Fsp3) is 0.417. The molecule has 0 saturated carbocycles. The third-order valence-corrected chi connectivity index (χ3v) is 3.29. The number of rotatable bonds is 5. The summed E-state index contributed by atoms with van der Waals surface area (Å²) < 4.78 is 0. The zero-order chi connectivity index (χ0) is 12.0. The van der Waals surface area contributed by atoms with E-state index in [0.29, 0.717) is 11.5 Å². The Morgan fingerprint density at radius 1 is 1.44 bits per heavy atom. The summed E-state index contributed by atoms with van der Waals surface area (Å²) in [5, 5.41) is 11.5. The predicted molar refractivity (Wildman–Crippen MR) is 69.0 cm³/mol. The van der Waals surface area contributed by atoms with E-state index in [9.17, 15) is 4.79 Å². The molecule has 0 radical (unpaired) electrons. The van der Waals surface area contributed by atoms with Gasteiger partial charge in [-0.3, -0.25) is 4.79 Å². The van der Waals surface area contributed by atoms with Crippen LogP contribution in [0.15, 0.2) is 18.2 Å². The number of nitrogens with one attached hydrogen (secondary N) is 1. The second kappa shape index (κ2) is 6.55. The number of carbonyl (C=O) groups excluding carboxylic acids is 1. The SMILES string of the molecule is Cc1cccc(NC(=O)CSCCO)c1C. The molecule has 3 nitrogen and oxygen atoms in total. The number of aliphatic hydroxyl groups excluding tert-OH is 1. The molecule has 0 bridgehead atoms. The topological polar surface area (TPSA) is 49.3 Å². The van der Waals surface area contributed by atoms with Crippen LogP contribution in [0.3, 0.4) is 0 Å². The van der Waals surface area contributed by atoms with Crippen LogP contribution in [0.25, 0.3) is 0 Å². The van der Waals surface area contributed by atoms with E-state index in [-0.39, 0.29) is 12.5 Å². The molecule has 0 aliphatic carbocycles. The van der Waals surface area contributed by atoms with E-state index in [4.69, 9.17) is 5.11 Å². The first kappa shape index (κ1) is 13.1. The maximum Gasteiger partial charge on any atom is 0.234 e. The molecule has 1 rings (SSSR count). The van der Waals surface area contributed by atoms with Gasteiger partial charge in [0, 0.05) is 11.4 Å². The maximum atomic E-state index is 11.5. The Labute approximate surface area is 100 Å². The lowest BCUT2D eigenvalue weighted by atomic mass is 10.1. The minimum absolute atomic E-state index is 0.0212. The average Bonchev–Trinajstić information content (AvgIpc) is 2.25. The molecule has 0 aromatic heterocycles. The van der Waals surface area contributed by atoms with Crippen LogP contribution in [0.1, 0.15) is 11.1 Å². The Morgan fingerprint density at radius 2 is 2.19 bits per heavy atom. The van der Waals surface area contributed by atoms with Gasteiger partial charge in [-0.1, -0.05) is 12.1 Å². The van der Waals surface area contributed by atoms with Gasteiger partial charge >= 0.3 is 0 Å². The van der Waals surface area contributed by atoms with Gasteiger partial charge in [0.05, 0.1) is 12.4 Å². The van der Waals surface area contributed by atoms with Gasteiger partial charge in [0.25, 0.3) is 0 Å². The molecule has 0 atom stereocenters. The summed E-state index contributed by atoms with van der Waals surface area (Å²) in [7, 11) is 0. The summed E-state index contributed by atoms with van der Waals surface area (Å²) in [5.41, 5.74) is 3.14. The van der Waals surface area contributed by atoms with Crippen molar-refractivity contribution < 1.29 is 9.90 Å². The Kier molecular flexibility index (Phi) is 5.35. The number of hydrogen-bond acceptors (Lipinski definition) is 3. The molecule has 0 spiro atoms. The summed E-state index contributed by atoms with van der Waals surface area (Å²) >= 11 is 1.43. The molecule has 1 aromatic rings. The van der Waals surface area contributed by atoms with Crippen molar-refractivity contribution in [1.29, 1.82) is 0 Å². The number of amides is 1. The first-order chi connectivity index (χ1) is 7.65. The van der Waals surface area contributed by atoms with Gasteiger partial charge in [-0.15, -0.1) is 11.8 Å². The molecule has 4 heteroatoms. The van der Waals surface area contributed by atoms with Gasteiger partial charge < -0.3 is 10.4 Å². The van der Waals surface area contributed by atoms with Crippen LogP contribution in [-0.4, -0.2) is 29.1 Å². The van der Waals surface area contributed by atoms with Crippen molar-refractivity contribution in [1.82, 2.24) is 0 Å². The normalized spacial score (nSPS) is 10.2. The molecule has 1 aromatic carbocycles. The van der Waals surface area contributed by atoms with Gasteiger partial charge in [0.1, 0.15) is 0 Å². The Morgan fingerprint density at radius 3 is 2.88 bits per heavy atom. The van der Waals surface area contributed by atoms with Gasteiger partial charge in [0.15, 0.2) is 0 Å². The number of thioether (sulfide) groups is 1. The molecular formula is C12H17NO2S. The number of anilines is 1. The zero-order valence-corrected chi connectivity index (χ0v) is 10.4. The van der Waals surface area contributed by atoms with E-state index >= 15 is 0 Å². The summed E-state index contributed by atoms with van der Waals surface area (Å²) in [4.78, 5) is 11.5. The summed E-state index contributed by atoms with van der Waals surface area (Å²) in [5.74, 6) is 0.959. The van der Waals surface area contributed by atoms with E-state index in [1.54, 1.807) is 0 Å². The number of carbonyl (C=O) groups is 1. The van der Waals surface area contributed by atoms with Crippen LogP contribution in [0.2, 0.25) is 0 Å². The van der Waals surface area contributed by atoms with E-state index in [1.165, 1.54) is 17.3 Å². The summed E-state index contributed by atoms with van der Waals surface area (Å²) in [6.07, 6.45) is 0. The van der Waals surface area contributed by atoms with Gasteiger partial charge in [-0.05, 0) is 31.0 Å². The Balaban J connectivity index is 2.53. The third kappa shape index (κ3) is 3.87. The first-order valence-electron chi connectivity index (χ1n) is 5.20. The monoisotopic (exact) mass is 239 g/mol. The lowest BCUT2D eigenvalue weighted by molar-refractivity contribution is -0.113. The van der Waals surface area contributed by atoms with Crippen molar-refractivity contribution in [3.05, 3.63) is 29.3 Å². The van der Waals surface area contributed by atoms with Crippen molar-refractivity contribution in [2.24, 2.45) is 0 Å². The molecule has 88 valence electrons. The number of hydrogen-bond donors (Lipinski definition) is 2. The second-order valence-corrected chi connectivity index (χ2v) is 4.68. The fourth-order valence-electron chi connectivity index (χ4n) is 1.30. The van der Waals surface area contributed by atoms with Crippen LogP contribution < -0.4 is 5.32 Å². The number of aliphatic hydroxyl groups is 1. The predicted octanol–water partition coefficient (Wildman–Crippen LogP) is 1.97. The molecule has 16 heavy (non-hydrogen) atoms. The van der Waals surface area contributed by atoms with Gasteiger partial charge in [-0.25, -0.2) is 0 Å². The molecule has 2 N–H and O–H groups in total. The quantitative estimate of drug-likeness (QED) is 0.772. The molecular weight excluding hydrogens is 222 g/mol. The standard InChI is InChI=1S/C12H17NO2S/c1-9-4-3-5-11(10(9)2)13-12(15)8-16-7-6-14/h3-5,14H,6-8H2,1-2H3,(H,13,15). The smallest absolute Gasteiger partial charge is 0.234 e. The van der Waals surface area contributed by atoms with Crippen molar-refractivity contribution >= 4 is 23.4 Å². The third-order valence-electron chi connectivity index (χ3n) is 2.35. The number of benzene rings is 1. The highest BCUT2D eigenvalue weighted by molar-refractivity contribution is 7.99. The molecule has 0 fully saturated rings. The zero-order valence-electron chi connectivity index (χ0n) is 9.62. The van der Waals surface area contributed by atoms with E-state index in [0.717, 1.165) is 11.3 Å². The second-order valence-electron chi connectivity index (χ2n) is 3.57. The van der Waals surface area contributed by atoms with Gasteiger partial charge in [-0.2, -0.15) is 0 Å². The van der Waals surface area contributed by atoms with E-state index < -0.39 is 0 Å². The van der Waals surface area contributed by atoms with Crippen molar-refractivity contribution in [3.8, 4) is 0 Å². The molecule has 0 aliphatic heterocycles. The molecule has 0 heterocycles. The van der Waals surface area contributed by atoms with Gasteiger partial charge in [0.2, 0.25) is 5.91 Å². The highest BCUT2D eigenvalue weighted by Gasteiger charge is 2.05. The first-order valence-corrected chi connectivity index (χ1v) is 6.35. The molecule has 0 aliphatic rings. The molecule has 0 saturated heterocycles. The highest BCUT2D eigenvalue weighted by atomic mass is 32.2. The van der Waals surface area contributed by atoms with Crippen molar-refractivity contribution in [2.45, 2.75) is 13.8 Å². The Hall–Kier alpha value is -1.00. The summed E-state index contributed by atoms with van der Waals surface area (Å²) in [6, 6.07) is 5.85. The van der Waals surface area contributed by atoms with Crippen LogP contribution in [0, 0.1) is 13.8 Å². The maximum absolute atomic E-state index is 11.5. The average molecular weight is 239 g/mol. The van der Waals surface area contributed by atoms with E-state index in [2.05, 4.69) is 5.32 Å². The lowest BCUT2D eigenvalue weighted by Gasteiger charge is -2.09. The lowest BCUT2D eigenvalue weighted by Crippen LogP contribution is -2.15. The van der Waals surface area contributed by atoms with Crippen LogP contribution >= 0.6 is 11.8 Å². The minimum Gasteiger partial charge on any atom is -0.396 e. The van der Waals surface area contributed by atoms with Crippen molar-refractivity contribution in [2.75, 3.05) is 23.4 Å². The van der Waals surface area contributed by atoms with Crippen LogP contribution in [0.5, 0.6) is 0 Å². The van der Waals surface area contributed by atoms with Crippen LogP contribution in [-0.2, 0) is 4.79 Å². The fourth-order valence-corrected chi connectivity index (χ4v) is 1.83. The minimum atomic E-state index is -0.0212. The Bertz CT molecular complexity index is 366.